The SMILES string of the molecule is CC/C=C\C/C=C\C/C=C\C/C=C\C/C=C\CCOCC(COP(=O)([O-])OCC[N+](C)(C)C)OC(=O)CCCCCCCCCCCCCCCCCCCCCC. The van der Waals surface area contributed by atoms with Crippen molar-refractivity contribution in [1.82, 2.24) is 0 Å². The molecule has 0 amide bonds. The predicted octanol–water partition coefficient (Wildman–Crippen LogP) is 13.5. The Morgan fingerprint density at radius 3 is 1.40 bits per heavy atom. The lowest BCUT2D eigenvalue weighted by atomic mass is 10.0. The predicted molar refractivity (Wildman–Crippen MR) is 245 cm³/mol. The number of phosphoric acid groups is 1. The number of carbonyl (C=O) groups excluding carboxylic acids is 1. The van der Waals surface area contributed by atoms with Crippen molar-refractivity contribution in [3.63, 3.8) is 0 Å². The minimum atomic E-state index is -4.55. The fourth-order valence-electron chi connectivity index (χ4n) is 6.26. The van der Waals surface area contributed by atoms with Gasteiger partial charge in [-0.25, -0.2) is 0 Å². The molecule has 0 aliphatic rings. The molecule has 58 heavy (non-hydrogen) atoms. The van der Waals surface area contributed by atoms with E-state index < -0.39 is 13.9 Å². The second-order valence-corrected chi connectivity index (χ2v) is 18.2. The van der Waals surface area contributed by atoms with Crippen LogP contribution in [0.2, 0.25) is 0 Å². The number of nitrogens with zero attached hydrogens (tertiary/aromatic N) is 1. The summed E-state index contributed by atoms with van der Waals surface area (Å²) in [5.41, 5.74) is 0. The van der Waals surface area contributed by atoms with Crippen molar-refractivity contribution in [3.8, 4) is 0 Å². The maximum absolute atomic E-state index is 12.7. The van der Waals surface area contributed by atoms with E-state index in [9.17, 15) is 14.3 Å². The molecule has 9 heteroatoms. The summed E-state index contributed by atoms with van der Waals surface area (Å²) in [6.07, 6.45) is 52.7. The van der Waals surface area contributed by atoms with Crippen molar-refractivity contribution in [2.24, 2.45) is 0 Å². The molecule has 0 N–H and O–H groups in total. The number of quaternary nitrogens is 1. The quantitative estimate of drug-likeness (QED) is 0.0198. The van der Waals surface area contributed by atoms with Gasteiger partial charge in [-0.2, -0.15) is 0 Å². The van der Waals surface area contributed by atoms with Crippen LogP contribution >= 0.6 is 7.82 Å². The average Bonchev–Trinajstić information content (AvgIpc) is 3.18. The number of phosphoric ester groups is 1. The Morgan fingerprint density at radius 2 is 0.966 bits per heavy atom. The number of allylic oxidation sites excluding steroid dienone is 9. The zero-order valence-electron chi connectivity index (χ0n) is 38.2. The van der Waals surface area contributed by atoms with Crippen LogP contribution in [-0.2, 0) is 27.9 Å². The maximum atomic E-state index is 12.7. The molecule has 8 nitrogen and oxygen atoms in total. The molecule has 0 heterocycles. The van der Waals surface area contributed by atoms with Gasteiger partial charge in [0.2, 0.25) is 0 Å². The Morgan fingerprint density at radius 1 is 0.552 bits per heavy atom. The zero-order chi connectivity index (χ0) is 42.7. The van der Waals surface area contributed by atoms with E-state index in [0.717, 1.165) is 51.4 Å². The number of carbonyl (C=O) groups is 1. The van der Waals surface area contributed by atoms with Crippen molar-refractivity contribution in [2.75, 3.05) is 54.1 Å². The van der Waals surface area contributed by atoms with Crippen LogP contribution < -0.4 is 4.89 Å². The molecule has 2 atom stereocenters. The minimum Gasteiger partial charge on any atom is -0.756 e. The summed E-state index contributed by atoms with van der Waals surface area (Å²) in [6.45, 7) is 5.08. The average molecular weight is 836 g/mol. The molecule has 0 saturated heterocycles. The number of ether oxygens (including phenoxy) is 2. The molecule has 0 aromatic rings. The molecule has 0 aromatic carbocycles. The van der Waals surface area contributed by atoms with Crippen LogP contribution in [0.25, 0.3) is 0 Å². The zero-order valence-corrected chi connectivity index (χ0v) is 39.1. The lowest BCUT2D eigenvalue weighted by Crippen LogP contribution is -2.37. The fraction of sp³-hybridized carbons (Fsp3) is 0.776. The van der Waals surface area contributed by atoms with Crippen LogP contribution in [0.4, 0.5) is 0 Å². The normalized spacial score (nSPS) is 14.2. The summed E-state index contributed by atoms with van der Waals surface area (Å²) < 4.78 is 34.5. The van der Waals surface area contributed by atoms with Gasteiger partial charge >= 0.3 is 5.97 Å². The third-order valence-corrected chi connectivity index (χ3v) is 10.8. The van der Waals surface area contributed by atoms with Crippen LogP contribution in [0.15, 0.2) is 60.8 Å². The van der Waals surface area contributed by atoms with Crippen molar-refractivity contribution in [3.05, 3.63) is 60.8 Å². The molecule has 0 aliphatic heterocycles. The molecule has 0 bridgehead atoms. The first-order valence-electron chi connectivity index (χ1n) is 23.5. The van der Waals surface area contributed by atoms with Crippen LogP contribution in [0, 0.1) is 0 Å². The molecule has 0 rings (SSSR count). The highest BCUT2D eigenvalue weighted by Gasteiger charge is 2.20. The monoisotopic (exact) mass is 836 g/mol. The molecule has 0 saturated carbocycles. The van der Waals surface area contributed by atoms with Gasteiger partial charge in [-0.05, 0) is 44.9 Å². The third kappa shape index (κ3) is 45.3. The van der Waals surface area contributed by atoms with E-state index in [1.165, 1.54) is 109 Å². The highest BCUT2D eigenvalue weighted by atomic mass is 31.2. The summed E-state index contributed by atoms with van der Waals surface area (Å²) in [7, 11) is 1.31. The van der Waals surface area contributed by atoms with E-state index in [1.807, 2.05) is 21.1 Å². The van der Waals surface area contributed by atoms with E-state index in [2.05, 4.69) is 74.6 Å². The van der Waals surface area contributed by atoms with Crippen molar-refractivity contribution in [1.29, 1.82) is 0 Å². The van der Waals surface area contributed by atoms with E-state index in [4.69, 9.17) is 18.5 Å². The number of likely N-dealkylation sites (N-methyl/N-ethyl adjacent to an activating group) is 1. The Kier molecular flexibility index (Phi) is 40.6. The van der Waals surface area contributed by atoms with Gasteiger partial charge in [0.25, 0.3) is 7.82 Å². The topological polar surface area (TPSA) is 94.1 Å². The molecule has 0 aromatic heterocycles. The van der Waals surface area contributed by atoms with Crippen LogP contribution in [0.1, 0.15) is 187 Å². The largest absolute Gasteiger partial charge is 0.756 e. The van der Waals surface area contributed by atoms with Gasteiger partial charge in [0.15, 0.2) is 0 Å². The molecule has 338 valence electrons. The first kappa shape index (κ1) is 56.2. The second kappa shape index (κ2) is 41.9. The number of rotatable bonds is 43. The second-order valence-electron chi connectivity index (χ2n) is 16.7. The molecule has 0 aliphatic carbocycles. The molecule has 0 radical (unpaired) electrons. The summed E-state index contributed by atoms with van der Waals surface area (Å²) in [5.74, 6) is -0.357. The molecule has 2 unspecified atom stereocenters. The number of esters is 1. The Balaban J connectivity index is 4.26. The summed E-state index contributed by atoms with van der Waals surface area (Å²) in [4.78, 5) is 25.1. The lowest BCUT2D eigenvalue weighted by molar-refractivity contribution is -0.870. The Bertz CT molecular complexity index is 1110. The molecule has 0 spiro atoms. The van der Waals surface area contributed by atoms with E-state index >= 15 is 0 Å². The lowest BCUT2D eigenvalue weighted by Gasteiger charge is -2.28. The van der Waals surface area contributed by atoms with E-state index in [1.54, 1.807) is 0 Å². The molecule has 0 fully saturated rings. The van der Waals surface area contributed by atoms with Gasteiger partial charge in [-0.15, -0.1) is 0 Å². The summed E-state index contributed by atoms with van der Waals surface area (Å²) in [5, 5.41) is 0. The first-order valence-corrected chi connectivity index (χ1v) is 25.0. The number of unbranched alkanes of at least 4 members (excludes halogenated alkanes) is 19. The Hall–Kier alpha value is -1.80. The maximum Gasteiger partial charge on any atom is 0.306 e. The van der Waals surface area contributed by atoms with Crippen LogP contribution in [0.3, 0.4) is 0 Å². The molecular formula is C49H90NO7P. The fourth-order valence-corrected chi connectivity index (χ4v) is 6.99. The van der Waals surface area contributed by atoms with Gasteiger partial charge < -0.3 is 27.9 Å². The summed E-state index contributed by atoms with van der Waals surface area (Å²) >= 11 is 0. The smallest absolute Gasteiger partial charge is 0.306 e. The standard InChI is InChI=1S/C49H90NO7P/c1-6-8-10-12-14-16-18-20-22-24-25-26-27-28-30-32-34-36-38-40-42-49(51)57-48(47-56-58(52,53)55-45-43-50(3,4)5)46-54-44-41-39-37-35-33-31-29-23-21-19-17-15-13-11-9-7-2/h9,11,15,17,21,23,31,33,37,39,48H,6-8,10,12-14,16,18-20,22,24-30,32,34-36,38,40-47H2,1-5H3/b11-9-,17-15-,23-21-,33-31-,39-37-. The van der Waals surface area contributed by atoms with Crippen molar-refractivity contribution in [2.45, 2.75) is 193 Å². The highest BCUT2D eigenvalue weighted by molar-refractivity contribution is 7.45. The third-order valence-electron chi connectivity index (χ3n) is 9.85. The van der Waals surface area contributed by atoms with Crippen molar-refractivity contribution < 1.29 is 37.3 Å². The van der Waals surface area contributed by atoms with Crippen LogP contribution in [0.5, 0.6) is 0 Å². The van der Waals surface area contributed by atoms with Gasteiger partial charge in [0, 0.05) is 6.42 Å². The van der Waals surface area contributed by atoms with E-state index in [0.29, 0.717) is 30.5 Å². The number of hydrogen-bond donors (Lipinski definition) is 0. The highest BCUT2D eigenvalue weighted by Crippen LogP contribution is 2.38. The first-order chi connectivity index (χ1) is 28.1. The van der Waals surface area contributed by atoms with Crippen molar-refractivity contribution >= 4 is 13.8 Å². The van der Waals surface area contributed by atoms with Gasteiger partial charge in [0.1, 0.15) is 19.3 Å². The van der Waals surface area contributed by atoms with Crippen LogP contribution in [-0.4, -0.2) is 70.7 Å². The summed E-state index contributed by atoms with van der Waals surface area (Å²) in [6, 6.07) is 0. The minimum absolute atomic E-state index is 0.0118. The van der Waals surface area contributed by atoms with Gasteiger partial charge in [-0.3, -0.25) is 9.36 Å². The number of hydrogen-bond acceptors (Lipinski definition) is 7. The molecular weight excluding hydrogens is 746 g/mol. The Labute approximate surface area is 358 Å². The van der Waals surface area contributed by atoms with Gasteiger partial charge in [-0.1, -0.05) is 197 Å². The van der Waals surface area contributed by atoms with E-state index in [-0.39, 0.29) is 25.8 Å². The van der Waals surface area contributed by atoms with Gasteiger partial charge in [0.05, 0.1) is 41.0 Å².